The first kappa shape index (κ1) is 25.6. The number of nitrogens with zero attached hydrogens (tertiary/aromatic N) is 1. The number of anilines is 1. The SMILES string of the molecule is CCC(=O)N1CCc2cc(S(=O)(=O)N[C@@H](Cc3ccccc3)C(=O)N[C@@H](C)c3ccccc3)ccc21. The standard InChI is InChI=1S/C28H31N3O4S/c1-3-27(32)31-17-16-23-19-24(14-15-26(23)31)36(34,35)30-25(18-21-10-6-4-7-11-21)28(33)29-20(2)22-12-8-5-9-13-22/h4-15,19-20,25,30H,3,16-18H2,1-2H3,(H,29,33)/t20-,25-/m0/s1. The Morgan fingerprint density at radius 3 is 2.31 bits per heavy atom. The molecule has 36 heavy (non-hydrogen) atoms. The average molecular weight is 506 g/mol. The van der Waals surface area contributed by atoms with Crippen LogP contribution in [0.5, 0.6) is 0 Å². The van der Waals surface area contributed by atoms with Crippen molar-refractivity contribution in [2.45, 2.75) is 50.1 Å². The number of fused-ring (bicyclic) bond motifs is 1. The van der Waals surface area contributed by atoms with Crippen molar-refractivity contribution in [1.82, 2.24) is 10.0 Å². The van der Waals surface area contributed by atoms with Gasteiger partial charge < -0.3 is 10.2 Å². The van der Waals surface area contributed by atoms with E-state index in [-0.39, 0.29) is 23.3 Å². The van der Waals surface area contributed by atoms with E-state index in [1.165, 1.54) is 6.07 Å². The van der Waals surface area contributed by atoms with Gasteiger partial charge in [-0.25, -0.2) is 8.42 Å². The third-order valence-electron chi connectivity index (χ3n) is 6.42. The van der Waals surface area contributed by atoms with Crippen LogP contribution in [-0.4, -0.2) is 32.8 Å². The fourth-order valence-electron chi connectivity index (χ4n) is 4.43. The van der Waals surface area contributed by atoms with Crippen molar-refractivity contribution in [2.75, 3.05) is 11.4 Å². The third-order valence-corrected chi connectivity index (χ3v) is 7.88. The highest BCUT2D eigenvalue weighted by molar-refractivity contribution is 7.89. The first-order chi connectivity index (χ1) is 17.3. The summed E-state index contributed by atoms with van der Waals surface area (Å²) in [5.41, 5.74) is 3.32. The molecular weight excluding hydrogens is 474 g/mol. The number of rotatable bonds is 9. The van der Waals surface area contributed by atoms with Gasteiger partial charge in [-0.3, -0.25) is 9.59 Å². The summed E-state index contributed by atoms with van der Waals surface area (Å²) in [6.07, 6.45) is 1.18. The summed E-state index contributed by atoms with van der Waals surface area (Å²) in [7, 11) is -4.00. The van der Waals surface area contributed by atoms with Crippen LogP contribution in [0.3, 0.4) is 0 Å². The van der Waals surface area contributed by atoms with Gasteiger partial charge in [-0.1, -0.05) is 67.6 Å². The first-order valence-corrected chi connectivity index (χ1v) is 13.6. The van der Waals surface area contributed by atoms with Crippen molar-refractivity contribution in [2.24, 2.45) is 0 Å². The van der Waals surface area contributed by atoms with E-state index < -0.39 is 22.0 Å². The van der Waals surface area contributed by atoms with Crippen molar-refractivity contribution >= 4 is 27.5 Å². The van der Waals surface area contributed by atoms with Crippen LogP contribution in [0, 0.1) is 0 Å². The van der Waals surface area contributed by atoms with Gasteiger partial charge in [0.1, 0.15) is 6.04 Å². The molecule has 4 rings (SSSR count). The summed E-state index contributed by atoms with van der Waals surface area (Å²) in [6.45, 7) is 4.21. The van der Waals surface area contributed by atoms with Crippen molar-refractivity contribution in [3.05, 3.63) is 95.6 Å². The fraction of sp³-hybridized carbons (Fsp3) is 0.286. The van der Waals surface area contributed by atoms with E-state index in [1.807, 2.05) is 67.6 Å². The lowest BCUT2D eigenvalue weighted by Gasteiger charge is -2.22. The summed E-state index contributed by atoms with van der Waals surface area (Å²) in [6, 6.07) is 22.3. The minimum Gasteiger partial charge on any atom is -0.348 e. The Morgan fingerprint density at radius 2 is 1.64 bits per heavy atom. The van der Waals surface area contributed by atoms with E-state index >= 15 is 0 Å². The predicted molar refractivity (Wildman–Crippen MR) is 140 cm³/mol. The minimum atomic E-state index is -4.00. The Kier molecular flexibility index (Phi) is 7.86. The first-order valence-electron chi connectivity index (χ1n) is 12.1. The van der Waals surface area contributed by atoms with E-state index in [0.717, 1.165) is 22.4 Å². The molecule has 0 spiro atoms. The number of amides is 2. The zero-order valence-electron chi connectivity index (χ0n) is 20.5. The lowest BCUT2D eigenvalue weighted by molar-refractivity contribution is -0.123. The van der Waals surface area contributed by atoms with Crippen LogP contribution in [0.25, 0.3) is 0 Å². The lowest BCUT2D eigenvalue weighted by atomic mass is 10.0. The van der Waals surface area contributed by atoms with Crippen LogP contribution in [0.1, 0.15) is 43.0 Å². The Balaban J connectivity index is 1.57. The molecule has 0 saturated heterocycles. The van der Waals surface area contributed by atoms with Crippen LogP contribution < -0.4 is 14.9 Å². The second-order valence-electron chi connectivity index (χ2n) is 8.94. The molecule has 1 heterocycles. The van der Waals surface area contributed by atoms with E-state index in [4.69, 9.17) is 0 Å². The Morgan fingerprint density at radius 1 is 0.972 bits per heavy atom. The molecule has 0 unspecified atom stereocenters. The molecule has 1 aliphatic rings. The summed E-state index contributed by atoms with van der Waals surface area (Å²) in [4.78, 5) is 27.3. The molecular formula is C28H31N3O4S. The Labute approximate surface area is 212 Å². The third kappa shape index (κ3) is 5.83. The van der Waals surface area contributed by atoms with Gasteiger partial charge in [0.05, 0.1) is 10.9 Å². The number of sulfonamides is 1. The molecule has 8 heteroatoms. The fourth-order valence-corrected chi connectivity index (χ4v) is 5.67. The van der Waals surface area contributed by atoms with Crippen molar-refractivity contribution in [1.29, 1.82) is 0 Å². The van der Waals surface area contributed by atoms with Gasteiger partial charge >= 0.3 is 0 Å². The summed E-state index contributed by atoms with van der Waals surface area (Å²) in [5, 5.41) is 2.95. The van der Waals surface area contributed by atoms with Crippen LogP contribution >= 0.6 is 0 Å². The predicted octanol–water partition coefficient (Wildman–Crippen LogP) is 3.75. The average Bonchev–Trinajstić information content (AvgIpc) is 3.32. The summed E-state index contributed by atoms with van der Waals surface area (Å²) in [5.74, 6) is -0.394. The van der Waals surface area contributed by atoms with Gasteiger partial charge in [0.15, 0.2) is 0 Å². The van der Waals surface area contributed by atoms with E-state index in [2.05, 4.69) is 10.0 Å². The Hall–Kier alpha value is -3.49. The van der Waals surface area contributed by atoms with Gasteiger partial charge in [-0.15, -0.1) is 0 Å². The molecule has 0 fully saturated rings. The van der Waals surface area contributed by atoms with E-state index in [9.17, 15) is 18.0 Å². The quantitative estimate of drug-likeness (QED) is 0.463. The zero-order chi connectivity index (χ0) is 25.7. The number of carbonyl (C=O) groups excluding carboxylic acids is 2. The Bertz CT molecular complexity index is 1330. The summed E-state index contributed by atoms with van der Waals surface area (Å²) < 4.78 is 29.4. The molecule has 0 aliphatic carbocycles. The molecule has 188 valence electrons. The van der Waals surface area contributed by atoms with Crippen LogP contribution in [0.15, 0.2) is 83.8 Å². The van der Waals surface area contributed by atoms with Gasteiger partial charge in [0.2, 0.25) is 21.8 Å². The van der Waals surface area contributed by atoms with Gasteiger partial charge in [-0.05, 0) is 54.7 Å². The molecule has 0 aromatic heterocycles. The normalized spacial score (nSPS) is 14.7. The van der Waals surface area contributed by atoms with Crippen molar-refractivity contribution < 1.29 is 18.0 Å². The minimum absolute atomic E-state index is 0.00890. The molecule has 3 aromatic rings. The smallest absolute Gasteiger partial charge is 0.241 e. The molecule has 1 aliphatic heterocycles. The maximum Gasteiger partial charge on any atom is 0.241 e. The highest BCUT2D eigenvalue weighted by Gasteiger charge is 2.30. The molecule has 0 saturated carbocycles. The molecule has 7 nitrogen and oxygen atoms in total. The number of benzene rings is 3. The van der Waals surface area contributed by atoms with Crippen LogP contribution in [-0.2, 0) is 32.5 Å². The monoisotopic (exact) mass is 505 g/mol. The molecule has 2 amide bonds. The topological polar surface area (TPSA) is 95.6 Å². The second kappa shape index (κ2) is 11.1. The van der Waals surface area contributed by atoms with Crippen LogP contribution in [0.2, 0.25) is 0 Å². The second-order valence-corrected chi connectivity index (χ2v) is 10.7. The highest BCUT2D eigenvalue weighted by atomic mass is 32.2. The number of hydrogen-bond acceptors (Lipinski definition) is 4. The number of nitrogens with one attached hydrogen (secondary N) is 2. The van der Waals surface area contributed by atoms with Crippen molar-refractivity contribution in [3.8, 4) is 0 Å². The molecule has 3 aromatic carbocycles. The maximum absolute atomic E-state index is 13.4. The van der Waals surface area contributed by atoms with Crippen molar-refractivity contribution in [3.63, 3.8) is 0 Å². The molecule has 2 N–H and O–H groups in total. The molecule has 0 bridgehead atoms. The maximum atomic E-state index is 13.4. The lowest BCUT2D eigenvalue weighted by Crippen LogP contribution is -2.48. The number of carbonyl (C=O) groups is 2. The zero-order valence-corrected chi connectivity index (χ0v) is 21.3. The number of hydrogen-bond donors (Lipinski definition) is 2. The van der Waals surface area contributed by atoms with Gasteiger partial charge in [-0.2, -0.15) is 4.72 Å². The molecule has 2 atom stereocenters. The van der Waals surface area contributed by atoms with E-state index in [1.54, 1.807) is 24.0 Å². The van der Waals surface area contributed by atoms with Gasteiger partial charge in [0.25, 0.3) is 0 Å². The summed E-state index contributed by atoms with van der Waals surface area (Å²) >= 11 is 0. The molecule has 0 radical (unpaired) electrons. The highest BCUT2D eigenvalue weighted by Crippen LogP contribution is 2.30. The van der Waals surface area contributed by atoms with Gasteiger partial charge in [0, 0.05) is 18.7 Å². The van der Waals surface area contributed by atoms with E-state index in [0.29, 0.717) is 19.4 Å². The largest absolute Gasteiger partial charge is 0.348 e. The van der Waals surface area contributed by atoms with Crippen LogP contribution in [0.4, 0.5) is 5.69 Å².